The van der Waals surface area contributed by atoms with Gasteiger partial charge in [-0.15, -0.1) is 0 Å². The van der Waals surface area contributed by atoms with Crippen LogP contribution in [-0.2, 0) is 10.0 Å². The Hall–Kier alpha value is -1.21. The molecule has 0 radical (unpaired) electrons. The molecule has 0 bridgehead atoms. The molecule has 0 atom stereocenters. The van der Waals surface area contributed by atoms with Crippen LogP contribution in [0, 0.1) is 5.41 Å². The maximum atomic E-state index is 12.6. The molecule has 2 fully saturated rings. The summed E-state index contributed by atoms with van der Waals surface area (Å²) in [5.41, 5.74) is 5.80. The van der Waals surface area contributed by atoms with Crippen LogP contribution in [0.15, 0.2) is 17.3 Å². The highest BCUT2D eigenvalue weighted by Gasteiger charge is 2.39. The van der Waals surface area contributed by atoms with Gasteiger partial charge in [-0.3, -0.25) is 0 Å². The predicted octanol–water partition coefficient (Wildman–Crippen LogP) is 1.79. The molecule has 1 spiro atoms. The molecule has 116 valence electrons. The van der Waals surface area contributed by atoms with Gasteiger partial charge in [-0.1, -0.05) is 19.3 Å². The van der Waals surface area contributed by atoms with E-state index in [-0.39, 0.29) is 10.8 Å². The lowest BCUT2D eigenvalue weighted by molar-refractivity contribution is 0.102. The number of hydrogen-bond donors (Lipinski definition) is 1. The highest BCUT2D eigenvalue weighted by molar-refractivity contribution is 7.89. The number of sulfonamides is 1. The largest absolute Gasteiger partial charge is 0.368 e. The SMILES string of the molecule is Nc1ncc(S(=O)(=O)N2CCC3(CCCCC3)CC2)cn1. The van der Waals surface area contributed by atoms with Gasteiger partial charge < -0.3 is 5.73 Å². The second-order valence-electron chi connectivity index (χ2n) is 6.24. The van der Waals surface area contributed by atoms with Crippen LogP contribution in [0.25, 0.3) is 0 Å². The van der Waals surface area contributed by atoms with E-state index < -0.39 is 10.0 Å². The first-order chi connectivity index (χ1) is 10.0. The number of aromatic nitrogens is 2. The molecule has 1 aromatic rings. The van der Waals surface area contributed by atoms with Crippen molar-refractivity contribution in [3.63, 3.8) is 0 Å². The summed E-state index contributed by atoms with van der Waals surface area (Å²) in [6, 6.07) is 0. The molecule has 2 N–H and O–H groups in total. The van der Waals surface area contributed by atoms with Gasteiger partial charge in [0, 0.05) is 13.1 Å². The zero-order chi connectivity index (χ0) is 14.9. The number of anilines is 1. The van der Waals surface area contributed by atoms with E-state index in [0.717, 1.165) is 12.8 Å². The van der Waals surface area contributed by atoms with Gasteiger partial charge in [-0.25, -0.2) is 18.4 Å². The second-order valence-corrected chi connectivity index (χ2v) is 8.18. The average Bonchev–Trinajstić information content (AvgIpc) is 2.49. The van der Waals surface area contributed by atoms with Crippen molar-refractivity contribution < 1.29 is 8.42 Å². The molecular weight excluding hydrogens is 288 g/mol. The summed E-state index contributed by atoms with van der Waals surface area (Å²) >= 11 is 0. The van der Waals surface area contributed by atoms with Gasteiger partial charge in [-0.05, 0) is 31.1 Å². The fraction of sp³-hybridized carbons (Fsp3) is 0.714. The highest BCUT2D eigenvalue weighted by atomic mass is 32.2. The van der Waals surface area contributed by atoms with Crippen molar-refractivity contribution in [1.82, 2.24) is 14.3 Å². The highest BCUT2D eigenvalue weighted by Crippen LogP contribution is 2.45. The molecule has 0 unspecified atom stereocenters. The van der Waals surface area contributed by atoms with Gasteiger partial charge >= 0.3 is 0 Å². The second kappa shape index (κ2) is 5.53. The Morgan fingerprint density at radius 3 is 2.14 bits per heavy atom. The Balaban J connectivity index is 1.72. The standard InChI is InChI=1S/C14H22N4O2S/c15-13-16-10-12(11-17-13)21(19,20)18-8-6-14(7-9-18)4-2-1-3-5-14/h10-11H,1-9H2,(H2,15,16,17). The van der Waals surface area contributed by atoms with E-state index in [1.807, 2.05) is 0 Å². The molecule has 7 heteroatoms. The van der Waals surface area contributed by atoms with Crippen LogP contribution in [-0.4, -0.2) is 35.8 Å². The number of rotatable bonds is 2. The monoisotopic (exact) mass is 310 g/mol. The first-order valence-corrected chi connectivity index (χ1v) is 9.04. The molecule has 1 aliphatic carbocycles. The zero-order valence-corrected chi connectivity index (χ0v) is 13.0. The van der Waals surface area contributed by atoms with Gasteiger partial charge in [0.25, 0.3) is 0 Å². The number of piperidine rings is 1. The van der Waals surface area contributed by atoms with E-state index in [9.17, 15) is 8.42 Å². The Morgan fingerprint density at radius 1 is 1.00 bits per heavy atom. The number of nitrogens with two attached hydrogens (primary N) is 1. The molecular formula is C14H22N4O2S. The molecule has 21 heavy (non-hydrogen) atoms. The minimum Gasteiger partial charge on any atom is -0.368 e. The minimum atomic E-state index is -3.48. The normalized spacial score (nSPS) is 23.2. The van der Waals surface area contributed by atoms with E-state index in [0.29, 0.717) is 18.5 Å². The van der Waals surface area contributed by atoms with E-state index >= 15 is 0 Å². The van der Waals surface area contributed by atoms with Crippen LogP contribution in [0.3, 0.4) is 0 Å². The smallest absolute Gasteiger partial charge is 0.246 e. The van der Waals surface area contributed by atoms with Crippen molar-refractivity contribution in [2.45, 2.75) is 49.8 Å². The van der Waals surface area contributed by atoms with Gasteiger partial charge in [0.1, 0.15) is 4.90 Å². The molecule has 1 aliphatic heterocycles. The Labute approximate surface area is 125 Å². The van der Waals surface area contributed by atoms with Crippen LogP contribution in [0.5, 0.6) is 0 Å². The van der Waals surface area contributed by atoms with Gasteiger partial charge in [-0.2, -0.15) is 4.31 Å². The Morgan fingerprint density at radius 2 is 1.57 bits per heavy atom. The topological polar surface area (TPSA) is 89.2 Å². The summed E-state index contributed by atoms with van der Waals surface area (Å²) < 4.78 is 26.7. The maximum absolute atomic E-state index is 12.6. The predicted molar refractivity (Wildman–Crippen MR) is 80.0 cm³/mol. The molecule has 0 amide bonds. The van der Waals surface area contributed by atoms with Crippen LogP contribution in [0.1, 0.15) is 44.9 Å². The van der Waals surface area contributed by atoms with Crippen molar-refractivity contribution >= 4 is 16.0 Å². The van der Waals surface area contributed by atoms with E-state index in [1.54, 1.807) is 4.31 Å². The van der Waals surface area contributed by atoms with E-state index in [4.69, 9.17) is 5.73 Å². The minimum absolute atomic E-state index is 0.0914. The molecule has 1 saturated heterocycles. The Kier molecular flexibility index (Phi) is 3.88. The van der Waals surface area contributed by atoms with Crippen LogP contribution >= 0.6 is 0 Å². The molecule has 2 aliphatic rings. The van der Waals surface area contributed by atoms with Gasteiger partial charge in [0.2, 0.25) is 16.0 Å². The van der Waals surface area contributed by atoms with Crippen LogP contribution in [0.4, 0.5) is 5.95 Å². The van der Waals surface area contributed by atoms with Crippen molar-refractivity contribution in [2.75, 3.05) is 18.8 Å². The average molecular weight is 310 g/mol. The summed E-state index contributed by atoms with van der Waals surface area (Å²) in [4.78, 5) is 7.70. The summed E-state index contributed by atoms with van der Waals surface area (Å²) in [6.45, 7) is 1.21. The van der Waals surface area contributed by atoms with E-state index in [1.165, 1.54) is 44.5 Å². The molecule has 6 nitrogen and oxygen atoms in total. The Bertz CT molecular complexity index is 584. The quantitative estimate of drug-likeness (QED) is 0.899. The first-order valence-electron chi connectivity index (χ1n) is 7.60. The third kappa shape index (κ3) is 2.89. The molecule has 3 rings (SSSR count). The fourth-order valence-electron chi connectivity index (χ4n) is 3.61. The summed E-state index contributed by atoms with van der Waals surface area (Å²) in [6.07, 6.45) is 11.0. The molecule has 2 heterocycles. The summed E-state index contributed by atoms with van der Waals surface area (Å²) in [5.74, 6) is 0.0914. The third-order valence-electron chi connectivity index (χ3n) is 4.98. The summed E-state index contributed by atoms with van der Waals surface area (Å²) in [7, 11) is -3.48. The van der Waals surface area contributed by atoms with E-state index in [2.05, 4.69) is 9.97 Å². The first kappa shape index (κ1) is 14.7. The zero-order valence-electron chi connectivity index (χ0n) is 12.2. The van der Waals surface area contributed by atoms with Crippen molar-refractivity contribution in [1.29, 1.82) is 0 Å². The lowest BCUT2D eigenvalue weighted by atomic mass is 9.68. The maximum Gasteiger partial charge on any atom is 0.246 e. The van der Waals surface area contributed by atoms with Crippen LogP contribution < -0.4 is 5.73 Å². The van der Waals surface area contributed by atoms with Gasteiger partial charge in [0.05, 0.1) is 12.4 Å². The third-order valence-corrected chi connectivity index (χ3v) is 6.83. The lowest BCUT2D eigenvalue weighted by Gasteiger charge is -2.43. The lowest BCUT2D eigenvalue weighted by Crippen LogP contribution is -2.43. The van der Waals surface area contributed by atoms with Crippen molar-refractivity contribution in [3.05, 3.63) is 12.4 Å². The van der Waals surface area contributed by atoms with Crippen molar-refractivity contribution in [2.24, 2.45) is 5.41 Å². The molecule has 1 saturated carbocycles. The van der Waals surface area contributed by atoms with Crippen molar-refractivity contribution in [3.8, 4) is 0 Å². The number of nitrogen functional groups attached to an aromatic ring is 1. The van der Waals surface area contributed by atoms with Crippen LogP contribution in [0.2, 0.25) is 0 Å². The number of nitrogens with zero attached hydrogens (tertiary/aromatic N) is 3. The number of hydrogen-bond acceptors (Lipinski definition) is 5. The molecule has 1 aromatic heterocycles. The van der Waals surface area contributed by atoms with Gasteiger partial charge in [0.15, 0.2) is 0 Å². The fourth-order valence-corrected chi connectivity index (χ4v) is 4.94. The summed E-state index contributed by atoms with van der Waals surface area (Å²) in [5, 5.41) is 0. The molecule has 0 aromatic carbocycles.